The fourth-order valence-electron chi connectivity index (χ4n) is 1.06. The second kappa shape index (κ2) is 6.03. The molecule has 0 unspecified atom stereocenters. The van der Waals surface area contributed by atoms with Crippen molar-refractivity contribution in [2.75, 3.05) is 19.5 Å². The van der Waals surface area contributed by atoms with Gasteiger partial charge in [0.1, 0.15) is 0 Å². The second-order valence-electron chi connectivity index (χ2n) is 3.12. The first-order valence-corrected chi connectivity index (χ1v) is 4.71. The fraction of sp³-hybridized carbons (Fsp3) is 0.364. The van der Waals surface area contributed by atoms with Crippen LogP contribution in [0, 0.1) is 0 Å². The summed E-state index contributed by atoms with van der Waals surface area (Å²) in [5.74, 6) is -0.257. The molecular formula is C11H15NO3. The van der Waals surface area contributed by atoms with Crippen LogP contribution in [0.4, 0.5) is 5.69 Å². The summed E-state index contributed by atoms with van der Waals surface area (Å²) in [6.07, 6.45) is 0.283. The Labute approximate surface area is 89.0 Å². The minimum absolute atomic E-state index is 0.257. The van der Waals surface area contributed by atoms with Gasteiger partial charge in [-0.15, -0.1) is 0 Å². The van der Waals surface area contributed by atoms with Crippen molar-refractivity contribution >= 4 is 11.7 Å². The van der Waals surface area contributed by atoms with Crippen LogP contribution >= 0.6 is 0 Å². The van der Waals surface area contributed by atoms with Crippen molar-refractivity contribution in [2.45, 2.75) is 13.0 Å². The number of benzene rings is 1. The van der Waals surface area contributed by atoms with Crippen molar-refractivity contribution in [3.63, 3.8) is 0 Å². The maximum Gasteiger partial charge on any atom is 0.307 e. The lowest BCUT2D eigenvalue weighted by Crippen LogP contribution is -2.05. The zero-order valence-electron chi connectivity index (χ0n) is 8.73. The molecule has 0 fully saturated rings. The molecule has 1 aromatic carbocycles. The summed E-state index contributed by atoms with van der Waals surface area (Å²) in [6.45, 7) is 0.855. The molecule has 0 amide bonds. The molecule has 0 aliphatic carbocycles. The van der Waals surface area contributed by atoms with Crippen molar-refractivity contribution < 1.29 is 14.3 Å². The molecule has 0 saturated carbocycles. The van der Waals surface area contributed by atoms with Crippen LogP contribution in [0.2, 0.25) is 0 Å². The van der Waals surface area contributed by atoms with Gasteiger partial charge in [-0.1, -0.05) is 12.1 Å². The number of hydrogen-bond donors (Lipinski definition) is 1. The summed E-state index contributed by atoms with van der Waals surface area (Å²) in [5.41, 5.74) is 7.30. The van der Waals surface area contributed by atoms with E-state index in [0.717, 1.165) is 11.3 Å². The van der Waals surface area contributed by atoms with Crippen molar-refractivity contribution in [2.24, 2.45) is 0 Å². The highest BCUT2D eigenvalue weighted by atomic mass is 16.5. The quantitative estimate of drug-likeness (QED) is 0.451. The molecule has 4 nitrogen and oxygen atoms in total. The van der Waals surface area contributed by atoms with E-state index in [1.54, 1.807) is 0 Å². The molecule has 0 heterocycles. The largest absolute Gasteiger partial charge is 0.469 e. The van der Waals surface area contributed by atoms with Gasteiger partial charge in [0.05, 0.1) is 26.7 Å². The van der Waals surface area contributed by atoms with Gasteiger partial charge in [0.15, 0.2) is 0 Å². The number of esters is 1. The molecular weight excluding hydrogens is 194 g/mol. The van der Waals surface area contributed by atoms with Gasteiger partial charge in [-0.2, -0.15) is 0 Å². The third-order valence-electron chi connectivity index (χ3n) is 1.93. The number of carbonyl (C=O) groups is 1. The second-order valence-corrected chi connectivity index (χ2v) is 3.12. The standard InChI is InChI=1S/C11H15NO3/c1-14-11(13)6-7-15-8-9-2-4-10(12)5-3-9/h2-5H,6-8,12H2,1H3. The number of ether oxygens (including phenoxy) is 2. The lowest BCUT2D eigenvalue weighted by atomic mass is 10.2. The summed E-state index contributed by atoms with van der Waals surface area (Å²) in [5, 5.41) is 0. The summed E-state index contributed by atoms with van der Waals surface area (Å²) >= 11 is 0. The predicted molar refractivity (Wildman–Crippen MR) is 57.1 cm³/mol. The molecule has 0 aliphatic rings. The van der Waals surface area contributed by atoms with Gasteiger partial charge in [-0.05, 0) is 17.7 Å². The Hall–Kier alpha value is -1.55. The van der Waals surface area contributed by atoms with Crippen LogP contribution < -0.4 is 5.73 Å². The number of nitrogen functional groups attached to an aromatic ring is 1. The van der Waals surface area contributed by atoms with Gasteiger partial charge >= 0.3 is 5.97 Å². The van der Waals surface area contributed by atoms with Gasteiger partial charge in [0.2, 0.25) is 0 Å². The Morgan fingerprint density at radius 2 is 2.00 bits per heavy atom. The van der Waals surface area contributed by atoms with Crippen molar-refractivity contribution in [1.29, 1.82) is 0 Å². The van der Waals surface area contributed by atoms with E-state index in [1.165, 1.54) is 7.11 Å². The van der Waals surface area contributed by atoms with Gasteiger partial charge in [0.25, 0.3) is 0 Å². The highest BCUT2D eigenvalue weighted by molar-refractivity contribution is 5.69. The van der Waals surface area contributed by atoms with E-state index in [9.17, 15) is 4.79 Å². The predicted octanol–water partition coefficient (Wildman–Crippen LogP) is 1.35. The van der Waals surface area contributed by atoms with E-state index in [1.807, 2.05) is 24.3 Å². The van der Waals surface area contributed by atoms with E-state index >= 15 is 0 Å². The van der Waals surface area contributed by atoms with Crippen LogP contribution in [0.25, 0.3) is 0 Å². The Kier molecular flexibility index (Phi) is 4.63. The minimum Gasteiger partial charge on any atom is -0.469 e. The van der Waals surface area contributed by atoms with E-state index in [0.29, 0.717) is 13.2 Å². The number of rotatable bonds is 5. The topological polar surface area (TPSA) is 61.5 Å². The number of anilines is 1. The average molecular weight is 209 g/mol. The Morgan fingerprint density at radius 1 is 1.33 bits per heavy atom. The number of methoxy groups -OCH3 is 1. The molecule has 0 aliphatic heterocycles. The lowest BCUT2D eigenvalue weighted by Gasteiger charge is -2.03. The number of hydrogen-bond acceptors (Lipinski definition) is 4. The third kappa shape index (κ3) is 4.46. The molecule has 0 radical (unpaired) electrons. The highest BCUT2D eigenvalue weighted by Crippen LogP contribution is 2.06. The van der Waals surface area contributed by atoms with Gasteiger partial charge in [-0.25, -0.2) is 0 Å². The highest BCUT2D eigenvalue weighted by Gasteiger charge is 1.99. The summed E-state index contributed by atoms with van der Waals surface area (Å²) in [7, 11) is 1.36. The van der Waals surface area contributed by atoms with Gasteiger partial charge in [0, 0.05) is 5.69 Å². The first kappa shape index (κ1) is 11.5. The molecule has 1 rings (SSSR count). The van der Waals surface area contributed by atoms with Crippen LogP contribution in [-0.4, -0.2) is 19.7 Å². The molecule has 0 atom stereocenters. The molecule has 1 aromatic rings. The molecule has 4 heteroatoms. The first-order chi connectivity index (χ1) is 7.22. The van der Waals surface area contributed by atoms with Gasteiger partial charge in [-0.3, -0.25) is 4.79 Å². The maximum absolute atomic E-state index is 10.7. The normalized spacial score (nSPS) is 9.93. The Balaban J connectivity index is 2.20. The fourth-order valence-corrected chi connectivity index (χ4v) is 1.06. The molecule has 0 aromatic heterocycles. The maximum atomic E-state index is 10.7. The van der Waals surface area contributed by atoms with Gasteiger partial charge < -0.3 is 15.2 Å². The Bertz CT molecular complexity index is 308. The summed E-state index contributed by atoms with van der Waals surface area (Å²) < 4.78 is 9.77. The molecule has 0 spiro atoms. The van der Waals surface area contributed by atoms with E-state index in [2.05, 4.69) is 4.74 Å². The smallest absolute Gasteiger partial charge is 0.307 e. The van der Waals surface area contributed by atoms with Crippen molar-refractivity contribution in [1.82, 2.24) is 0 Å². The molecule has 15 heavy (non-hydrogen) atoms. The molecule has 2 N–H and O–H groups in total. The van der Waals surface area contributed by atoms with Crippen LogP contribution in [-0.2, 0) is 20.9 Å². The van der Waals surface area contributed by atoms with Crippen LogP contribution in [0.5, 0.6) is 0 Å². The minimum atomic E-state index is -0.257. The third-order valence-corrected chi connectivity index (χ3v) is 1.93. The van der Waals surface area contributed by atoms with Crippen molar-refractivity contribution in [3.8, 4) is 0 Å². The van der Waals surface area contributed by atoms with Crippen LogP contribution in [0.1, 0.15) is 12.0 Å². The SMILES string of the molecule is COC(=O)CCOCc1ccc(N)cc1. The molecule has 0 bridgehead atoms. The van der Waals surface area contributed by atoms with Crippen LogP contribution in [0.15, 0.2) is 24.3 Å². The number of nitrogens with two attached hydrogens (primary N) is 1. The van der Waals surface area contributed by atoms with Crippen molar-refractivity contribution in [3.05, 3.63) is 29.8 Å². The Morgan fingerprint density at radius 3 is 2.60 bits per heavy atom. The first-order valence-electron chi connectivity index (χ1n) is 4.71. The average Bonchev–Trinajstić information content (AvgIpc) is 2.26. The molecule has 0 saturated heterocycles. The summed E-state index contributed by atoms with van der Waals surface area (Å²) in [6, 6.07) is 7.43. The summed E-state index contributed by atoms with van der Waals surface area (Å²) in [4.78, 5) is 10.7. The number of carbonyl (C=O) groups excluding carboxylic acids is 1. The van der Waals surface area contributed by atoms with Crippen LogP contribution in [0.3, 0.4) is 0 Å². The zero-order chi connectivity index (χ0) is 11.1. The van der Waals surface area contributed by atoms with E-state index in [-0.39, 0.29) is 12.4 Å². The monoisotopic (exact) mass is 209 g/mol. The van der Waals surface area contributed by atoms with E-state index in [4.69, 9.17) is 10.5 Å². The lowest BCUT2D eigenvalue weighted by molar-refractivity contribution is -0.141. The zero-order valence-corrected chi connectivity index (χ0v) is 8.73. The van der Waals surface area contributed by atoms with E-state index < -0.39 is 0 Å². The molecule has 82 valence electrons.